The van der Waals surface area contributed by atoms with Crippen molar-refractivity contribution in [2.75, 3.05) is 20.3 Å². The first-order valence-electron chi connectivity index (χ1n) is 5.58. The van der Waals surface area contributed by atoms with Crippen molar-refractivity contribution in [3.63, 3.8) is 0 Å². The number of carbonyl (C=O) groups excluding carboxylic acids is 1. The van der Waals surface area contributed by atoms with Crippen LogP contribution in [0.3, 0.4) is 0 Å². The molecule has 0 radical (unpaired) electrons. The van der Waals surface area contributed by atoms with Gasteiger partial charge in [0.15, 0.2) is 0 Å². The Morgan fingerprint density at radius 3 is 2.53 bits per heavy atom. The summed E-state index contributed by atoms with van der Waals surface area (Å²) < 4.78 is 10.1. The van der Waals surface area contributed by atoms with Crippen LogP contribution < -0.4 is 5.32 Å². The Morgan fingerprint density at radius 1 is 1.40 bits per heavy atom. The Hall–Kier alpha value is -0.610. The summed E-state index contributed by atoms with van der Waals surface area (Å²) in [6.07, 6.45) is 1.87. The summed E-state index contributed by atoms with van der Waals surface area (Å²) in [6.45, 7) is 6.92. The summed E-state index contributed by atoms with van der Waals surface area (Å²) in [5.74, 6) is -0.164. The molecule has 0 fully saturated rings. The first-order chi connectivity index (χ1) is 7.15. The normalized spacial score (nSPS) is 14.7. The van der Waals surface area contributed by atoms with Crippen LogP contribution in [0.4, 0.5) is 0 Å². The number of ether oxygens (including phenoxy) is 2. The lowest BCUT2D eigenvalue weighted by molar-refractivity contribution is -0.146. The highest BCUT2D eigenvalue weighted by Gasteiger charge is 2.18. The first kappa shape index (κ1) is 14.4. The standard InChI is InChI=1S/C11H23NO3/c1-5-7-10(11(13)15-6-2)12-8-9(3)14-4/h9-10,12H,5-8H2,1-4H3. The van der Waals surface area contributed by atoms with Crippen LogP contribution in [0.25, 0.3) is 0 Å². The molecule has 0 rings (SSSR count). The van der Waals surface area contributed by atoms with Crippen LogP contribution in [-0.2, 0) is 14.3 Å². The number of hydrogen-bond acceptors (Lipinski definition) is 4. The van der Waals surface area contributed by atoms with Gasteiger partial charge in [-0.1, -0.05) is 13.3 Å². The second-order valence-electron chi connectivity index (χ2n) is 3.55. The Labute approximate surface area is 92.3 Å². The van der Waals surface area contributed by atoms with E-state index in [2.05, 4.69) is 5.32 Å². The third-order valence-electron chi connectivity index (χ3n) is 2.20. The minimum Gasteiger partial charge on any atom is -0.465 e. The van der Waals surface area contributed by atoms with Crippen molar-refractivity contribution in [3.05, 3.63) is 0 Å². The van der Waals surface area contributed by atoms with Gasteiger partial charge in [-0.25, -0.2) is 0 Å². The molecule has 15 heavy (non-hydrogen) atoms. The molecule has 1 N–H and O–H groups in total. The average molecular weight is 217 g/mol. The van der Waals surface area contributed by atoms with E-state index in [9.17, 15) is 4.79 Å². The van der Waals surface area contributed by atoms with Crippen LogP contribution in [0.1, 0.15) is 33.6 Å². The Kier molecular flexibility index (Phi) is 8.33. The fourth-order valence-electron chi connectivity index (χ4n) is 1.23. The highest BCUT2D eigenvalue weighted by molar-refractivity contribution is 5.75. The molecule has 4 heteroatoms. The van der Waals surface area contributed by atoms with Gasteiger partial charge in [-0.3, -0.25) is 4.79 Å². The van der Waals surface area contributed by atoms with E-state index < -0.39 is 0 Å². The maximum Gasteiger partial charge on any atom is 0.323 e. The van der Waals surface area contributed by atoms with Gasteiger partial charge in [0.2, 0.25) is 0 Å². The molecule has 0 heterocycles. The fourth-order valence-corrected chi connectivity index (χ4v) is 1.23. The Morgan fingerprint density at radius 2 is 2.07 bits per heavy atom. The maximum atomic E-state index is 11.5. The van der Waals surface area contributed by atoms with E-state index in [-0.39, 0.29) is 18.1 Å². The molecule has 4 nitrogen and oxygen atoms in total. The maximum absolute atomic E-state index is 11.5. The summed E-state index contributed by atoms with van der Waals surface area (Å²) >= 11 is 0. The number of esters is 1. The van der Waals surface area contributed by atoms with E-state index in [1.807, 2.05) is 20.8 Å². The second kappa shape index (κ2) is 8.68. The van der Waals surface area contributed by atoms with Crippen LogP contribution in [0.2, 0.25) is 0 Å². The van der Waals surface area contributed by atoms with Gasteiger partial charge in [0.05, 0.1) is 12.7 Å². The van der Waals surface area contributed by atoms with Crippen LogP contribution in [0, 0.1) is 0 Å². The number of hydrogen-bond donors (Lipinski definition) is 1. The molecule has 0 spiro atoms. The minimum absolute atomic E-state index is 0.110. The molecule has 2 atom stereocenters. The van der Waals surface area contributed by atoms with Crippen LogP contribution in [0.5, 0.6) is 0 Å². The molecule has 0 aromatic rings. The monoisotopic (exact) mass is 217 g/mol. The lowest BCUT2D eigenvalue weighted by atomic mass is 10.1. The van der Waals surface area contributed by atoms with E-state index in [4.69, 9.17) is 9.47 Å². The zero-order valence-electron chi connectivity index (χ0n) is 10.2. The van der Waals surface area contributed by atoms with Crippen molar-refractivity contribution in [3.8, 4) is 0 Å². The fraction of sp³-hybridized carbons (Fsp3) is 0.909. The lowest BCUT2D eigenvalue weighted by Gasteiger charge is -2.18. The summed E-state index contributed by atoms with van der Waals surface area (Å²) in [4.78, 5) is 11.5. The smallest absolute Gasteiger partial charge is 0.323 e. The minimum atomic E-state index is -0.201. The van der Waals surface area contributed by atoms with Gasteiger partial charge in [0, 0.05) is 13.7 Å². The van der Waals surface area contributed by atoms with E-state index in [1.165, 1.54) is 0 Å². The average Bonchev–Trinajstić information content (AvgIpc) is 2.23. The molecule has 0 aromatic heterocycles. The van der Waals surface area contributed by atoms with Gasteiger partial charge in [-0.2, -0.15) is 0 Å². The second-order valence-corrected chi connectivity index (χ2v) is 3.55. The highest BCUT2D eigenvalue weighted by Crippen LogP contribution is 2.00. The van der Waals surface area contributed by atoms with Gasteiger partial charge in [-0.05, 0) is 20.3 Å². The Bertz CT molecular complexity index is 173. The highest BCUT2D eigenvalue weighted by atomic mass is 16.5. The largest absolute Gasteiger partial charge is 0.465 e. The number of carbonyl (C=O) groups is 1. The quantitative estimate of drug-likeness (QED) is 0.623. The molecule has 0 amide bonds. The van der Waals surface area contributed by atoms with Gasteiger partial charge in [-0.15, -0.1) is 0 Å². The van der Waals surface area contributed by atoms with Crippen molar-refractivity contribution >= 4 is 5.97 Å². The molecule has 0 bridgehead atoms. The van der Waals surface area contributed by atoms with Crippen molar-refractivity contribution in [2.24, 2.45) is 0 Å². The van der Waals surface area contributed by atoms with E-state index in [0.717, 1.165) is 12.8 Å². The summed E-state index contributed by atoms with van der Waals surface area (Å²) in [5, 5.41) is 3.16. The number of rotatable bonds is 8. The van der Waals surface area contributed by atoms with Crippen LogP contribution in [-0.4, -0.2) is 38.4 Å². The predicted molar refractivity (Wildman–Crippen MR) is 59.8 cm³/mol. The molecular formula is C11H23NO3. The lowest BCUT2D eigenvalue weighted by Crippen LogP contribution is -2.41. The topological polar surface area (TPSA) is 47.6 Å². The van der Waals surface area contributed by atoms with Crippen molar-refractivity contribution in [2.45, 2.75) is 45.8 Å². The van der Waals surface area contributed by atoms with Crippen molar-refractivity contribution in [1.82, 2.24) is 5.32 Å². The van der Waals surface area contributed by atoms with Crippen molar-refractivity contribution < 1.29 is 14.3 Å². The van der Waals surface area contributed by atoms with Crippen molar-refractivity contribution in [1.29, 1.82) is 0 Å². The first-order valence-corrected chi connectivity index (χ1v) is 5.58. The third-order valence-corrected chi connectivity index (χ3v) is 2.20. The summed E-state index contributed by atoms with van der Waals surface area (Å²) in [6, 6.07) is -0.201. The molecule has 0 aromatic carbocycles. The SMILES string of the molecule is CCCC(NCC(C)OC)C(=O)OCC. The van der Waals surface area contributed by atoms with E-state index >= 15 is 0 Å². The molecule has 2 unspecified atom stereocenters. The Balaban J connectivity index is 3.97. The molecule has 90 valence electrons. The van der Waals surface area contributed by atoms with Gasteiger partial charge >= 0.3 is 5.97 Å². The number of nitrogens with one attached hydrogen (secondary N) is 1. The molecule has 0 aliphatic heterocycles. The van der Waals surface area contributed by atoms with Gasteiger partial charge in [0.1, 0.15) is 6.04 Å². The summed E-state index contributed by atoms with van der Waals surface area (Å²) in [5.41, 5.74) is 0. The number of methoxy groups -OCH3 is 1. The van der Waals surface area contributed by atoms with Crippen LogP contribution in [0.15, 0.2) is 0 Å². The molecule has 0 aliphatic carbocycles. The third kappa shape index (κ3) is 6.47. The molecular weight excluding hydrogens is 194 g/mol. The van der Waals surface area contributed by atoms with Crippen LogP contribution >= 0.6 is 0 Å². The predicted octanol–water partition coefficient (Wildman–Crippen LogP) is 1.34. The molecule has 0 saturated carbocycles. The molecule has 0 saturated heterocycles. The zero-order chi connectivity index (χ0) is 11.7. The van der Waals surface area contributed by atoms with Gasteiger partial charge < -0.3 is 14.8 Å². The zero-order valence-corrected chi connectivity index (χ0v) is 10.2. The molecule has 0 aliphatic rings. The van der Waals surface area contributed by atoms with E-state index in [1.54, 1.807) is 7.11 Å². The van der Waals surface area contributed by atoms with Gasteiger partial charge in [0.25, 0.3) is 0 Å². The summed E-state index contributed by atoms with van der Waals surface area (Å²) in [7, 11) is 1.66. The van der Waals surface area contributed by atoms with E-state index in [0.29, 0.717) is 13.2 Å².